The van der Waals surface area contributed by atoms with E-state index in [0.717, 1.165) is 32.1 Å². The van der Waals surface area contributed by atoms with Crippen LogP contribution in [0.5, 0.6) is 0 Å². The molecule has 0 aromatic rings. The molecule has 3 nitrogen and oxygen atoms in total. The highest BCUT2D eigenvalue weighted by molar-refractivity contribution is 5.81. The van der Waals surface area contributed by atoms with Crippen molar-refractivity contribution in [2.75, 3.05) is 0 Å². The van der Waals surface area contributed by atoms with Crippen molar-refractivity contribution < 1.29 is 4.79 Å². The van der Waals surface area contributed by atoms with Crippen LogP contribution in [-0.2, 0) is 4.79 Å². The molecule has 0 aromatic heterocycles. The zero-order valence-corrected chi connectivity index (χ0v) is 9.68. The highest BCUT2D eigenvalue weighted by Crippen LogP contribution is 2.02. The third kappa shape index (κ3) is 5.22. The fourth-order valence-electron chi connectivity index (χ4n) is 1.48. The number of hydrogen-bond donors (Lipinski definition) is 2. The standard InChI is InChI=1S/C11H24N2O/c1-4-7-9(6-3)13-11(14)10(12)8-5-2/h9-10H,4-8,12H2,1-3H3,(H,13,14)/t9?,10-/m0/s1. The fraction of sp³-hybridized carbons (Fsp3) is 0.909. The monoisotopic (exact) mass is 200 g/mol. The first-order valence-corrected chi connectivity index (χ1v) is 5.71. The molecule has 0 fully saturated rings. The number of nitrogens with two attached hydrogens (primary N) is 1. The summed E-state index contributed by atoms with van der Waals surface area (Å²) in [6.07, 6.45) is 4.86. The summed E-state index contributed by atoms with van der Waals surface area (Å²) in [6, 6.07) is -0.0266. The number of amides is 1. The quantitative estimate of drug-likeness (QED) is 0.658. The predicted molar refractivity (Wildman–Crippen MR) is 60.0 cm³/mol. The van der Waals surface area contributed by atoms with Gasteiger partial charge in [-0.3, -0.25) is 4.79 Å². The van der Waals surface area contributed by atoms with Crippen LogP contribution in [0, 0.1) is 0 Å². The Morgan fingerprint density at radius 2 is 1.79 bits per heavy atom. The molecule has 1 unspecified atom stereocenters. The van der Waals surface area contributed by atoms with Crippen LogP contribution in [0.2, 0.25) is 0 Å². The van der Waals surface area contributed by atoms with E-state index < -0.39 is 0 Å². The first-order valence-electron chi connectivity index (χ1n) is 5.71. The van der Waals surface area contributed by atoms with Crippen LogP contribution in [0.15, 0.2) is 0 Å². The van der Waals surface area contributed by atoms with Gasteiger partial charge in [-0.15, -0.1) is 0 Å². The van der Waals surface area contributed by atoms with Gasteiger partial charge in [0, 0.05) is 6.04 Å². The highest BCUT2D eigenvalue weighted by Gasteiger charge is 2.15. The zero-order valence-electron chi connectivity index (χ0n) is 9.68. The molecule has 14 heavy (non-hydrogen) atoms. The summed E-state index contributed by atoms with van der Waals surface area (Å²) in [5.74, 6) is 0.00662. The normalized spacial score (nSPS) is 14.9. The van der Waals surface area contributed by atoms with Crippen molar-refractivity contribution in [1.82, 2.24) is 5.32 Å². The molecule has 0 spiro atoms. The molecule has 1 amide bonds. The average molecular weight is 200 g/mol. The van der Waals surface area contributed by atoms with Crippen LogP contribution in [-0.4, -0.2) is 18.0 Å². The Bertz CT molecular complexity index is 159. The van der Waals surface area contributed by atoms with Gasteiger partial charge in [0.1, 0.15) is 0 Å². The van der Waals surface area contributed by atoms with E-state index >= 15 is 0 Å². The Morgan fingerprint density at radius 1 is 1.21 bits per heavy atom. The summed E-state index contributed by atoms with van der Waals surface area (Å²) in [6.45, 7) is 6.25. The van der Waals surface area contributed by atoms with Crippen LogP contribution in [0.3, 0.4) is 0 Å². The maximum atomic E-state index is 11.5. The lowest BCUT2D eigenvalue weighted by molar-refractivity contribution is -0.123. The van der Waals surface area contributed by atoms with Gasteiger partial charge in [-0.25, -0.2) is 0 Å². The second-order valence-corrected chi connectivity index (χ2v) is 3.80. The third-order valence-electron chi connectivity index (χ3n) is 2.41. The molecule has 3 N–H and O–H groups in total. The molecule has 0 heterocycles. The largest absolute Gasteiger partial charge is 0.352 e. The smallest absolute Gasteiger partial charge is 0.237 e. The SMILES string of the molecule is CCCC(CC)NC(=O)[C@@H](N)CCC. The number of carbonyl (C=O) groups is 1. The van der Waals surface area contributed by atoms with Gasteiger partial charge in [-0.1, -0.05) is 33.6 Å². The van der Waals surface area contributed by atoms with Crippen molar-refractivity contribution in [1.29, 1.82) is 0 Å². The lowest BCUT2D eigenvalue weighted by atomic mass is 10.1. The molecule has 0 aliphatic heterocycles. The third-order valence-corrected chi connectivity index (χ3v) is 2.41. The summed E-state index contributed by atoms with van der Waals surface area (Å²) in [5.41, 5.74) is 5.71. The summed E-state index contributed by atoms with van der Waals surface area (Å²) >= 11 is 0. The van der Waals surface area contributed by atoms with Crippen LogP contribution in [0.4, 0.5) is 0 Å². The van der Waals surface area contributed by atoms with E-state index in [0.29, 0.717) is 6.04 Å². The van der Waals surface area contributed by atoms with E-state index in [-0.39, 0.29) is 11.9 Å². The summed E-state index contributed by atoms with van der Waals surface area (Å²) in [4.78, 5) is 11.5. The van der Waals surface area contributed by atoms with E-state index in [1.54, 1.807) is 0 Å². The molecule has 3 heteroatoms. The molecule has 0 bridgehead atoms. The number of nitrogens with one attached hydrogen (secondary N) is 1. The molecule has 0 radical (unpaired) electrons. The van der Waals surface area contributed by atoms with Crippen molar-refractivity contribution >= 4 is 5.91 Å². The lowest BCUT2D eigenvalue weighted by Crippen LogP contribution is -2.45. The van der Waals surface area contributed by atoms with Gasteiger partial charge in [0.2, 0.25) is 5.91 Å². The molecule has 0 saturated heterocycles. The second kappa shape index (κ2) is 7.80. The van der Waals surface area contributed by atoms with Gasteiger partial charge in [-0.2, -0.15) is 0 Å². The summed E-state index contributed by atoms with van der Waals surface area (Å²) < 4.78 is 0. The van der Waals surface area contributed by atoms with E-state index in [2.05, 4.69) is 19.2 Å². The van der Waals surface area contributed by atoms with Crippen LogP contribution < -0.4 is 11.1 Å². The van der Waals surface area contributed by atoms with Crippen LogP contribution in [0.1, 0.15) is 52.9 Å². The number of hydrogen-bond acceptors (Lipinski definition) is 2. The van der Waals surface area contributed by atoms with Crippen molar-refractivity contribution in [2.24, 2.45) is 5.73 Å². The Kier molecular flexibility index (Phi) is 7.48. The average Bonchev–Trinajstić information content (AvgIpc) is 2.17. The van der Waals surface area contributed by atoms with Gasteiger partial charge in [0.25, 0.3) is 0 Å². The van der Waals surface area contributed by atoms with E-state index in [1.807, 2.05) is 6.92 Å². The van der Waals surface area contributed by atoms with Crippen LogP contribution >= 0.6 is 0 Å². The summed E-state index contributed by atoms with van der Waals surface area (Å²) in [7, 11) is 0. The van der Waals surface area contributed by atoms with E-state index in [4.69, 9.17) is 5.73 Å². The van der Waals surface area contributed by atoms with Crippen molar-refractivity contribution in [2.45, 2.75) is 65.0 Å². The lowest BCUT2D eigenvalue weighted by Gasteiger charge is -2.18. The fourth-order valence-corrected chi connectivity index (χ4v) is 1.48. The van der Waals surface area contributed by atoms with Gasteiger partial charge < -0.3 is 11.1 Å². The molecule has 2 atom stereocenters. The molecular formula is C11H24N2O. The molecule has 0 aliphatic carbocycles. The Morgan fingerprint density at radius 3 is 2.21 bits per heavy atom. The van der Waals surface area contributed by atoms with Gasteiger partial charge in [-0.05, 0) is 19.3 Å². The molecule has 0 saturated carbocycles. The first kappa shape index (κ1) is 13.4. The second-order valence-electron chi connectivity index (χ2n) is 3.80. The summed E-state index contributed by atoms with van der Waals surface area (Å²) in [5, 5.41) is 2.99. The minimum atomic E-state index is -0.328. The highest BCUT2D eigenvalue weighted by atomic mass is 16.2. The minimum absolute atomic E-state index is 0.00662. The Hall–Kier alpha value is -0.570. The zero-order chi connectivity index (χ0) is 11.0. The molecule has 0 aliphatic rings. The van der Waals surface area contributed by atoms with E-state index in [9.17, 15) is 4.79 Å². The molecule has 84 valence electrons. The maximum Gasteiger partial charge on any atom is 0.237 e. The number of rotatable bonds is 7. The van der Waals surface area contributed by atoms with Crippen molar-refractivity contribution in [3.63, 3.8) is 0 Å². The molecule has 0 aromatic carbocycles. The van der Waals surface area contributed by atoms with Crippen molar-refractivity contribution in [3.8, 4) is 0 Å². The minimum Gasteiger partial charge on any atom is -0.352 e. The van der Waals surface area contributed by atoms with Gasteiger partial charge in [0.05, 0.1) is 6.04 Å². The van der Waals surface area contributed by atoms with E-state index in [1.165, 1.54) is 0 Å². The Balaban J connectivity index is 3.88. The molecule has 0 rings (SSSR count). The molecular weight excluding hydrogens is 176 g/mol. The van der Waals surface area contributed by atoms with Crippen molar-refractivity contribution in [3.05, 3.63) is 0 Å². The maximum absolute atomic E-state index is 11.5. The number of carbonyl (C=O) groups excluding carboxylic acids is 1. The first-order chi connectivity index (χ1) is 6.65. The predicted octanol–water partition coefficient (Wildman–Crippen LogP) is 1.81. The van der Waals surface area contributed by atoms with Crippen LogP contribution in [0.25, 0.3) is 0 Å². The van der Waals surface area contributed by atoms with Gasteiger partial charge >= 0.3 is 0 Å². The Labute approximate surface area is 87.4 Å². The topological polar surface area (TPSA) is 55.1 Å². The van der Waals surface area contributed by atoms with Gasteiger partial charge in [0.15, 0.2) is 0 Å².